The minimum Gasteiger partial charge on any atom is -0.398 e. The van der Waals surface area contributed by atoms with Gasteiger partial charge in [0.25, 0.3) is 0 Å². The van der Waals surface area contributed by atoms with Crippen LogP contribution in [0.15, 0.2) is 18.2 Å². The molecule has 0 aromatic heterocycles. The highest BCUT2D eigenvalue weighted by atomic mass is 16.1. The molecule has 0 unspecified atom stereocenters. The molecule has 3 N–H and O–H groups in total. The summed E-state index contributed by atoms with van der Waals surface area (Å²) in [6, 6.07) is 5.58. The Labute approximate surface area is 122 Å². The van der Waals surface area contributed by atoms with Crippen LogP contribution < -0.4 is 11.1 Å². The number of amides is 1. The zero-order valence-electron chi connectivity index (χ0n) is 13.1. The van der Waals surface area contributed by atoms with Crippen LogP contribution in [0, 0.1) is 12.8 Å². The first kappa shape index (κ1) is 16.5. The van der Waals surface area contributed by atoms with Gasteiger partial charge in [0.2, 0.25) is 5.91 Å². The second kappa shape index (κ2) is 7.90. The fourth-order valence-corrected chi connectivity index (χ4v) is 2.16. The molecule has 0 heterocycles. The fraction of sp³-hybridized carbons (Fsp3) is 0.562. The molecule has 20 heavy (non-hydrogen) atoms. The Balaban J connectivity index is 2.49. The lowest BCUT2D eigenvalue weighted by molar-refractivity contribution is -0.116. The minimum atomic E-state index is 0.0425. The molecule has 0 aliphatic rings. The fourth-order valence-electron chi connectivity index (χ4n) is 2.16. The van der Waals surface area contributed by atoms with Crippen LogP contribution in [0.5, 0.6) is 0 Å². The predicted octanol–water partition coefficient (Wildman–Crippen LogP) is 2.88. The Hall–Kier alpha value is -1.55. The van der Waals surface area contributed by atoms with Gasteiger partial charge < -0.3 is 16.0 Å². The third-order valence-electron chi connectivity index (χ3n) is 3.38. The third-order valence-corrected chi connectivity index (χ3v) is 3.38. The normalized spacial score (nSPS) is 11.1. The van der Waals surface area contributed by atoms with Gasteiger partial charge in [-0.1, -0.05) is 26.8 Å². The van der Waals surface area contributed by atoms with Crippen molar-refractivity contribution in [3.8, 4) is 0 Å². The quantitative estimate of drug-likeness (QED) is 0.753. The van der Waals surface area contributed by atoms with Crippen LogP contribution in [-0.2, 0) is 4.79 Å². The number of anilines is 2. The molecule has 0 aliphatic heterocycles. The van der Waals surface area contributed by atoms with Gasteiger partial charge in [0.15, 0.2) is 0 Å². The smallest absolute Gasteiger partial charge is 0.225 e. The monoisotopic (exact) mass is 277 g/mol. The first-order valence-electron chi connectivity index (χ1n) is 7.31. The van der Waals surface area contributed by atoms with Gasteiger partial charge in [-0.15, -0.1) is 0 Å². The van der Waals surface area contributed by atoms with E-state index in [-0.39, 0.29) is 5.91 Å². The molecule has 0 radical (unpaired) electrons. The van der Waals surface area contributed by atoms with Crippen LogP contribution >= 0.6 is 0 Å². The number of nitrogens with two attached hydrogens (primary N) is 1. The summed E-state index contributed by atoms with van der Waals surface area (Å²) in [6.07, 6.45) is 0.509. The number of hydrogen-bond donors (Lipinski definition) is 2. The second-order valence-electron chi connectivity index (χ2n) is 5.61. The number of carbonyl (C=O) groups excluding carboxylic acids is 1. The SMILES string of the molecule is CCN(CCC(=O)Nc1cccc(N)c1C)CC(C)C. The first-order valence-corrected chi connectivity index (χ1v) is 7.31. The van der Waals surface area contributed by atoms with Gasteiger partial charge in [0, 0.05) is 30.9 Å². The number of nitrogens with one attached hydrogen (secondary N) is 1. The van der Waals surface area contributed by atoms with Crippen molar-refractivity contribution in [2.45, 2.75) is 34.1 Å². The molecule has 0 saturated carbocycles. The van der Waals surface area contributed by atoms with E-state index in [9.17, 15) is 4.79 Å². The van der Waals surface area contributed by atoms with E-state index in [2.05, 4.69) is 31.0 Å². The van der Waals surface area contributed by atoms with Crippen LogP contribution in [0.2, 0.25) is 0 Å². The van der Waals surface area contributed by atoms with Crippen LogP contribution in [0.4, 0.5) is 11.4 Å². The molecule has 1 rings (SSSR count). The summed E-state index contributed by atoms with van der Waals surface area (Å²) in [5.74, 6) is 0.662. The predicted molar refractivity (Wildman–Crippen MR) is 85.8 cm³/mol. The highest BCUT2D eigenvalue weighted by Gasteiger charge is 2.10. The summed E-state index contributed by atoms with van der Waals surface area (Å²) in [5.41, 5.74) is 8.28. The molecule has 1 aromatic rings. The molecular formula is C16H27N3O. The van der Waals surface area contributed by atoms with Crippen LogP contribution in [-0.4, -0.2) is 30.4 Å². The molecule has 0 bridgehead atoms. The Morgan fingerprint density at radius 3 is 2.70 bits per heavy atom. The molecule has 0 atom stereocenters. The Morgan fingerprint density at radius 2 is 2.10 bits per heavy atom. The summed E-state index contributed by atoms with van der Waals surface area (Å²) in [6.45, 7) is 11.2. The number of carbonyl (C=O) groups is 1. The zero-order valence-corrected chi connectivity index (χ0v) is 13.1. The Morgan fingerprint density at radius 1 is 1.40 bits per heavy atom. The highest BCUT2D eigenvalue weighted by Crippen LogP contribution is 2.20. The van der Waals surface area contributed by atoms with Crippen molar-refractivity contribution in [3.05, 3.63) is 23.8 Å². The van der Waals surface area contributed by atoms with Crippen LogP contribution in [0.25, 0.3) is 0 Å². The number of hydrogen-bond acceptors (Lipinski definition) is 3. The average Bonchev–Trinajstić information content (AvgIpc) is 2.39. The molecule has 0 fully saturated rings. The maximum absolute atomic E-state index is 12.0. The molecule has 4 heteroatoms. The van der Waals surface area contributed by atoms with E-state index >= 15 is 0 Å². The average molecular weight is 277 g/mol. The van der Waals surface area contributed by atoms with E-state index in [1.54, 1.807) is 0 Å². The summed E-state index contributed by atoms with van der Waals surface area (Å²) in [4.78, 5) is 14.3. The molecule has 1 amide bonds. The minimum absolute atomic E-state index is 0.0425. The maximum atomic E-state index is 12.0. The lowest BCUT2D eigenvalue weighted by atomic mass is 10.1. The summed E-state index contributed by atoms with van der Waals surface area (Å²) in [7, 11) is 0. The van der Waals surface area contributed by atoms with Crippen molar-refractivity contribution in [3.63, 3.8) is 0 Å². The Kier molecular flexibility index (Phi) is 6.52. The topological polar surface area (TPSA) is 58.4 Å². The van der Waals surface area contributed by atoms with E-state index < -0.39 is 0 Å². The number of nitrogens with zero attached hydrogens (tertiary/aromatic N) is 1. The van der Waals surface area contributed by atoms with Crippen LogP contribution in [0.1, 0.15) is 32.8 Å². The van der Waals surface area contributed by atoms with Gasteiger partial charge >= 0.3 is 0 Å². The lowest BCUT2D eigenvalue weighted by Crippen LogP contribution is -2.31. The molecule has 0 aliphatic carbocycles. The van der Waals surface area contributed by atoms with Gasteiger partial charge in [-0.2, -0.15) is 0 Å². The molecule has 0 spiro atoms. The van der Waals surface area contributed by atoms with Gasteiger partial charge in [0.05, 0.1) is 0 Å². The third kappa shape index (κ3) is 5.21. The molecule has 4 nitrogen and oxygen atoms in total. The van der Waals surface area contributed by atoms with E-state index in [1.165, 1.54) is 0 Å². The van der Waals surface area contributed by atoms with E-state index in [0.29, 0.717) is 18.0 Å². The summed E-state index contributed by atoms with van der Waals surface area (Å²) < 4.78 is 0. The van der Waals surface area contributed by atoms with Crippen molar-refractivity contribution in [1.82, 2.24) is 4.90 Å². The highest BCUT2D eigenvalue weighted by molar-refractivity contribution is 5.92. The molecule has 1 aromatic carbocycles. The molecule has 0 saturated heterocycles. The lowest BCUT2D eigenvalue weighted by Gasteiger charge is -2.22. The van der Waals surface area contributed by atoms with E-state index in [0.717, 1.165) is 30.9 Å². The van der Waals surface area contributed by atoms with Crippen molar-refractivity contribution in [1.29, 1.82) is 0 Å². The number of nitrogen functional groups attached to an aromatic ring is 1. The van der Waals surface area contributed by atoms with Crippen LogP contribution in [0.3, 0.4) is 0 Å². The largest absolute Gasteiger partial charge is 0.398 e. The van der Waals surface area contributed by atoms with Crippen molar-refractivity contribution in [2.24, 2.45) is 5.92 Å². The Bertz CT molecular complexity index is 443. The van der Waals surface area contributed by atoms with Gasteiger partial charge in [-0.3, -0.25) is 4.79 Å². The van der Waals surface area contributed by atoms with Crippen molar-refractivity contribution in [2.75, 3.05) is 30.7 Å². The van der Waals surface area contributed by atoms with Crippen molar-refractivity contribution >= 4 is 17.3 Å². The molecular weight excluding hydrogens is 250 g/mol. The number of rotatable bonds is 7. The second-order valence-corrected chi connectivity index (χ2v) is 5.61. The van der Waals surface area contributed by atoms with Gasteiger partial charge in [0.1, 0.15) is 0 Å². The first-order chi connectivity index (χ1) is 9.43. The van der Waals surface area contributed by atoms with Gasteiger partial charge in [-0.05, 0) is 37.1 Å². The maximum Gasteiger partial charge on any atom is 0.225 e. The standard InChI is InChI=1S/C16H27N3O/c1-5-19(11-12(2)3)10-9-16(20)18-15-8-6-7-14(17)13(15)4/h6-8,12H,5,9-11,17H2,1-4H3,(H,18,20). The van der Waals surface area contributed by atoms with Crippen molar-refractivity contribution < 1.29 is 4.79 Å². The van der Waals surface area contributed by atoms with Gasteiger partial charge in [-0.25, -0.2) is 0 Å². The summed E-state index contributed by atoms with van der Waals surface area (Å²) in [5, 5.41) is 2.94. The van der Waals surface area contributed by atoms with E-state index in [4.69, 9.17) is 5.73 Å². The van der Waals surface area contributed by atoms with E-state index in [1.807, 2.05) is 25.1 Å². The zero-order chi connectivity index (χ0) is 15.1. The summed E-state index contributed by atoms with van der Waals surface area (Å²) >= 11 is 0. The number of benzene rings is 1. The molecule has 112 valence electrons.